The van der Waals surface area contributed by atoms with Gasteiger partial charge in [-0.3, -0.25) is 4.79 Å². The molecular formula is C14H21NO2. The van der Waals surface area contributed by atoms with Gasteiger partial charge >= 0.3 is 5.97 Å². The van der Waals surface area contributed by atoms with Crippen LogP contribution in [0.25, 0.3) is 0 Å². The van der Waals surface area contributed by atoms with Gasteiger partial charge in [0.05, 0.1) is 6.61 Å². The van der Waals surface area contributed by atoms with Crippen molar-refractivity contribution < 1.29 is 9.53 Å². The van der Waals surface area contributed by atoms with E-state index in [-0.39, 0.29) is 17.9 Å². The molecule has 2 N–H and O–H groups in total. The third-order valence-electron chi connectivity index (χ3n) is 2.70. The normalized spacial score (nSPS) is 14.1. The Morgan fingerprint density at radius 3 is 2.59 bits per heavy atom. The molecule has 0 bridgehead atoms. The van der Waals surface area contributed by atoms with E-state index in [4.69, 9.17) is 10.5 Å². The monoisotopic (exact) mass is 235 g/mol. The van der Waals surface area contributed by atoms with Gasteiger partial charge in [-0.1, -0.05) is 37.3 Å². The Morgan fingerprint density at radius 1 is 1.35 bits per heavy atom. The summed E-state index contributed by atoms with van der Waals surface area (Å²) in [4.78, 5) is 11.3. The van der Waals surface area contributed by atoms with Crippen molar-refractivity contribution in [1.29, 1.82) is 0 Å². The van der Waals surface area contributed by atoms with Crippen LogP contribution in [0.15, 0.2) is 30.3 Å². The fourth-order valence-electron chi connectivity index (χ4n) is 1.86. The van der Waals surface area contributed by atoms with Gasteiger partial charge in [0.15, 0.2) is 0 Å². The van der Waals surface area contributed by atoms with Crippen LogP contribution in [0.4, 0.5) is 0 Å². The molecule has 1 aromatic carbocycles. The molecule has 94 valence electrons. The minimum Gasteiger partial charge on any atom is -0.466 e. The lowest BCUT2D eigenvalue weighted by Crippen LogP contribution is -2.17. The largest absolute Gasteiger partial charge is 0.466 e. The maximum absolute atomic E-state index is 11.3. The van der Waals surface area contributed by atoms with Gasteiger partial charge in [-0.2, -0.15) is 0 Å². The van der Waals surface area contributed by atoms with Crippen LogP contribution < -0.4 is 5.73 Å². The minimum atomic E-state index is -0.139. The lowest BCUT2D eigenvalue weighted by atomic mass is 9.94. The van der Waals surface area contributed by atoms with Crippen LogP contribution in [0, 0.1) is 5.92 Å². The number of rotatable bonds is 6. The maximum Gasteiger partial charge on any atom is 0.306 e. The highest BCUT2D eigenvalue weighted by Crippen LogP contribution is 2.20. The van der Waals surface area contributed by atoms with Crippen molar-refractivity contribution in [2.45, 2.75) is 32.7 Å². The fraction of sp³-hybridized carbons (Fsp3) is 0.500. The first-order valence-corrected chi connectivity index (χ1v) is 6.09. The van der Waals surface area contributed by atoms with Crippen molar-refractivity contribution >= 4 is 5.97 Å². The standard InChI is InChI=1S/C14H21NO2/c1-3-17-14(16)10-11(2)9-13(15)12-7-5-4-6-8-12/h4-8,11,13H,3,9-10,15H2,1-2H3. The molecular weight excluding hydrogens is 214 g/mol. The summed E-state index contributed by atoms with van der Waals surface area (Å²) in [6.07, 6.45) is 1.23. The average molecular weight is 235 g/mol. The van der Waals surface area contributed by atoms with Gasteiger partial charge in [0, 0.05) is 12.5 Å². The Morgan fingerprint density at radius 2 is 2.00 bits per heavy atom. The number of carbonyl (C=O) groups is 1. The molecule has 0 saturated carbocycles. The summed E-state index contributed by atoms with van der Waals surface area (Å²) in [5.41, 5.74) is 7.21. The van der Waals surface area contributed by atoms with Gasteiger partial charge < -0.3 is 10.5 Å². The van der Waals surface area contributed by atoms with E-state index in [1.807, 2.05) is 44.2 Å². The van der Waals surface area contributed by atoms with E-state index in [2.05, 4.69) is 0 Å². The van der Waals surface area contributed by atoms with E-state index < -0.39 is 0 Å². The number of hydrogen-bond donors (Lipinski definition) is 1. The number of hydrogen-bond acceptors (Lipinski definition) is 3. The number of carbonyl (C=O) groups excluding carboxylic acids is 1. The molecule has 3 nitrogen and oxygen atoms in total. The van der Waals surface area contributed by atoms with Crippen LogP contribution in [0.3, 0.4) is 0 Å². The predicted octanol–water partition coefficient (Wildman–Crippen LogP) is 2.67. The summed E-state index contributed by atoms with van der Waals surface area (Å²) in [6.45, 7) is 4.29. The quantitative estimate of drug-likeness (QED) is 0.771. The van der Waals surface area contributed by atoms with Crippen molar-refractivity contribution in [3.05, 3.63) is 35.9 Å². The number of esters is 1. The fourth-order valence-corrected chi connectivity index (χ4v) is 1.86. The maximum atomic E-state index is 11.3. The number of benzene rings is 1. The molecule has 2 unspecified atom stereocenters. The summed E-state index contributed by atoms with van der Waals surface area (Å²) in [5, 5.41) is 0. The zero-order chi connectivity index (χ0) is 12.7. The lowest BCUT2D eigenvalue weighted by Gasteiger charge is -2.16. The van der Waals surface area contributed by atoms with Gasteiger partial charge in [0.1, 0.15) is 0 Å². The molecule has 0 radical (unpaired) electrons. The van der Waals surface area contributed by atoms with Gasteiger partial charge in [-0.25, -0.2) is 0 Å². The van der Waals surface area contributed by atoms with E-state index in [0.29, 0.717) is 13.0 Å². The van der Waals surface area contributed by atoms with Crippen LogP contribution >= 0.6 is 0 Å². The van der Waals surface area contributed by atoms with E-state index >= 15 is 0 Å². The molecule has 1 rings (SSSR count). The van der Waals surface area contributed by atoms with E-state index in [0.717, 1.165) is 12.0 Å². The Bertz CT molecular complexity index is 337. The topological polar surface area (TPSA) is 52.3 Å². The molecule has 0 amide bonds. The Labute approximate surface area is 103 Å². The lowest BCUT2D eigenvalue weighted by molar-refractivity contribution is -0.144. The highest BCUT2D eigenvalue weighted by Gasteiger charge is 2.14. The Kier molecular flexibility index (Phi) is 5.70. The van der Waals surface area contributed by atoms with E-state index in [9.17, 15) is 4.79 Å². The summed E-state index contributed by atoms with van der Waals surface area (Å²) >= 11 is 0. The van der Waals surface area contributed by atoms with Crippen LogP contribution in [-0.4, -0.2) is 12.6 Å². The van der Waals surface area contributed by atoms with Crippen LogP contribution in [0.2, 0.25) is 0 Å². The minimum absolute atomic E-state index is 0.0133. The van der Waals surface area contributed by atoms with Gasteiger partial charge in [-0.05, 0) is 24.8 Å². The zero-order valence-electron chi connectivity index (χ0n) is 10.6. The molecule has 0 aliphatic rings. The Hall–Kier alpha value is -1.35. The van der Waals surface area contributed by atoms with Crippen molar-refractivity contribution in [3.8, 4) is 0 Å². The average Bonchev–Trinajstić information content (AvgIpc) is 2.30. The smallest absolute Gasteiger partial charge is 0.306 e. The second-order valence-corrected chi connectivity index (χ2v) is 4.37. The molecule has 2 atom stereocenters. The number of nitrogens with two attached hydrogens (primary N) is 1. The summed E-state index contributed by atoms with van der Waals surface area (Å²) < 4.78 is 4.92. The highest BCUT2D eigenvalue weighted by molar-refractivity contribution is 5.69. The first kappa shape index (κ1) is 13.7. The zero-order valence-corrected chi connectivity index (χ0v) is 10.6. The van der Waals surface area contributed by atoms with E-state index in [1.165, 1.54) is 0 Å². The van der Waals surface area contributed by atoms with Crippen LogP contribution in [0.1, 0.15) is 38.3 Å². The molecule has 3 heteroatoms. The van der Waals surface area contributed by atoms with Crippen LogP contribution in [-0.2, 0) is 9.53 Å². The molecule has 0 aliphatic carbocycles. The van der Waals surface area contributed by atoms with Gasteiger partial charge in [0.25, 0.3) is 0 Å². The molecule has 0 saturated heterocycles. The third-order valence-corrected chi connectivity index (χ3v) is 2.70. The number of ether oxygens (including phenoxy) is 1. The van der Waals surface area contributed by atoms with Crippen molar-refractivity contribution in [2.75, 3.05) is 6.61 Å². The molecule has 17 heavy (non-hydrogen) atoms. The predicted molar refractivity (Wildman–Crippen MR) is 68.4 cm³/mol. The van der Waals surface area contributed by atoms with Crippen molar-refractivity contribution in [3.63, 3.8) is 0 Å². The molecule has 0 fully saturated rings. The summed E-state index contributed by atoms with van der Waals surface area (Å²) in [5.74, 6) is 0.101. The van der Waals surface area contributed by atoms with Crippen LogP contribution in [0.5, 0.6) is 0 Å². The second kappa shape index (κ2) is 7.07. The van der Waals surface area contributed by atoms with Crippen molar-refractivity contribution in [2.24, 2.45) is 11.7 Å². The first-order chi connectivity index (χ1) is 8.13. The SMILES string of the molecule is CCOC(=O)CC(C)CC(N)c1ccccc1. The summed E-state index contributed by atoms with van der Waals surface area (Å²) in [7, 11) is 0. The first-order valence-electron chi connectivity index (χ1n) is 6.09. The van der Waals surface area contributed by atoms with Gasteiger partial charge in [-0.15, -0.1) is 0 Å². The second-order valence-electron chi connectivity index (χ2n) is 4.37. The molecule has 0 spiro atoms. The molecule has 0 aromatic heterocycles. The van der Waals surface area contributed by atoms with Gasteiger partial charge in [0.2, 0.25) is 0 Å². The Balaban J connectivity index is 2.41. The molecule has 0 heterocycles. The molecule has 0 aliphatic heterocycles. The van der Waals surface area contributed by atoms with Crippen molar-refractivity contribution in [1.82, 2.24) is 0 Å². The third kappa shape index (κ3) is 5.00. The summed E-state index contributed by atoms with van der Waals surface area (Å²) in [6, 6.07) is 9.94. The van der Waals surface area contributed by atoms with E-state index in [1.54, 1.807) is 0 Å². The highest BCUT2D eigenvalue weighted by atomic mass is 16.5. The molecule has 1 aromatic rings.